The number of esters is 1. The molecule has 11 heteroatoms. The van der Waals surface area contributed by atoms with Gasteiger partial charge in [0.25, 0.3) is 0 Å². The number of rotatable bonds is 39. The second-order valence-electron chi connectivity index (χ2n) is 13.7. The average Bonchev–Trinajstić information content (AvgIpc) is 3.18. The molecule has 4 N–H and O–H groups in total. The Hall–Kier alpha value is -2.85. The minimum Gasteiger partial charge on any atom is -0.480 e. The van der Waals surface area contributed by atoms with Crippen molar-refractivity contribution in [3.63, 3.8) is 0 Å². The summed E-state index contributed by atoms with van der Waals surface area (Å²) in [6, 6.07) is -1.48. The highest BCUT2D eigenvalue weighted by molar-refractivity contribution is 7.47. The first-order chi connectivity index (χ1) is 27.2. The van der Waals surface area contributed by atoms with Gasteiger partial charge in [0, 0.05) is 13.0 Å². The number of carboxylic acids is 1. The SMILES string of the molecule is CC/C=C\C/C=C\C/C=C\C/C=C\C/C=C\C/C=C\C/C=C\CCCC(=O)OC(COCCCCCCCCCCCCC)COP(=O)(O)OCC(N)C(=O)O. The number of carbonyl (C=O) groups is 2. The van der Waals surface area contributed by atoms with E-state index >= 15 is 0 Å². The summed E-state index contributed by atoms with van der Waals surface area (Å²) in [6.45, 7) is 3.67. The molecule has 320 valence electrons. The fourth-order valence-corrected chi connectivity index (χ4v) is 5.96. The van der Waals surface area contributed by atoms with Gasteiger partial charge in [-0.05, 0) is 64.2 Å². The summed E-state index contributed by atoms with van der Waals surface area (Å²) in [5, 5.41) is 8.88. The molecule has 0 aliphatic carbocycles. The number of unbranched alkanes of at least 4 members (excludes halogenated alkanes) is 11. The van der Waals surface area contributed by atoms with Gasteiger partial charge in [-0.25, -0.2) is 4.57 Å². The number of carboxylic acid groups (broad SMARTS) is 1. The molecule has 0 aromatic carbocycles. The van der Waals surface area contributed by atoms with Gasteiger partial charge in [0.2, 0.25) is 0 Å². The largest absolute Gasteiger partial charge is 0.480 e. The second kappa shape index (κ2) is 40.4. The summed E-state index contributed by atoms with van der Waals surface area (Å²) in [7, 11) is -4.63. The molecule has 0 radical (unpaired) electrons. The summed E-state index contributed by atoms with van der Waals surface area (Å²) in [5.74, 6) is -1.85. The van der Waals surface area contributed by atoms with Gasteiger partial charge in [-0.1, -0.05) is 163 Å². The number of carbonyl (C=O) groups excluding carboxylic acids is 1. The number of aliphatic carboxylic acids is 1. The van der Waals surface area contributed by atoms with Crippen LogP contribution in [0.15, 0.2) is 85.1 Å². The Balaban J connectivity index is 4.36. The van der Waals surface area contributed by atoms with E-state index in [1.54, 1.807) is 0 Å². The monoisotopic (exact) mass is 806 g/mol. The van der Waals surface area contributed by atoms with Gasteiger partial charge in [0.15, 0.2) is 0 Å². The van der Waals surface area contributed by atoms with Gasteiger partial charge in [-0.2, -0.15) is 0 Å². The third-order valence-electron chi connectivity index (χ3n) is 8.44. The van der Waals surface area contributed by atoms with Crippen LogP contribution in [0.25, 0.3) is 0 Å². The van der Waals surface area contributed by atoms with Crippen LogP contribution < -0.4 is 5.73 Å². The molecule has 0 aromatic rings. The van der Waals surface area contributed by atoms with E-state index in [2.05, 4.69) is 92.8 Å². The van der Waals surface area contributed by atoms with Gasteiger partial charge >= 0.3 is 19.8 Å². The van der Waals surface area contributed by atoms with Crippen LogP contribution in [0.5, 0.6) is 0 Å². The lowest BCUT2D eigenvalue weighted by molar-refractivity contribution is -0.154. The molecular weight excluding hydrogens is 729 g/mol. The average molecular weight is 806 g/mol. The molecule has 0 rings (SSSR count). The Morgan fingerprint density at radius 3 is 1.48 bits per heavy atom. The van der Waals surface area contributed by atoms with Crippen LogP contribution >= 0.6 is 7.82 Å². The third-order valence-corrected chi connectivity index (χ3v) is 9.39. The third kappa shape index (κ3) is 39.4. The lowest BCUT2D eigenvalue weighted by Gasteiger charge is -2.20. The highest BCUT2D eigenvalue weighted by Gasteiger charge is 2.27. The number of allylic oxidation sites excluding steroid dienone is 14. The van der Waals surface area contributed by atoms with E-state index in [4.69, 9.17) is 29.4 Å². The van der Waals surface area contributed by atoms with Crippen LogP contribution in [-0.2, 0) is 32.7 Å². The van der Waals surface area contributed by atoms with E-state index in [9.17, 15) is 19.0 Å². The Bertz CT molecular complexity index is 1210. The maximum absolute atomic E-state index is 12.6. The smallest absolute Gasteiger partial charge is 0.472 e. The standard InChI is InChI=1S/C45H76NO9P/c1-3-5-7-9-11-13-15-16-17-18-19-20-21-22-23-24-25-26-27-29-31-33-35-37-44(47)55-42(40-53-56(50,51)54-41-43(46)45(48)49)39-52-38-36-34-32-30-28-14-12-10-8-6-4-2/h5,7,11,13,16-17,19-20,22-23,25-26,29,31,42-43H,3-4,6,8-10,12,14-15,18,21,24,27-28,30,32-41,46H2,1-2H3,(H,48,49)(H,50,51)/b7-5-,13-11-,17-16-,20-19-,23-22-,26-25-,31-29-. The van der Waals surface area contributed by atoms with E-state index in [1.807, 2.05) is 6.08 Å². The second-order valence-corrected chi connectivity index (χ2v) is 15.2. The zero-order chi connectivity index (χ0) is 41.2. The summed E-state index contributed by atoms with van der Waals surface area (Å²) in [4.78, 5) is 33.5. The number of ether oxygens (including phenoxy) is 2. The fourth-order valence-electron chi connectivity index (χ4n) is 5.18. The Morgan fingerprint density at radius 1 is 0.589 bits per heavy atom. The van der Waals surface area contributed by atoms with Gasteiger partial charge in [0.1, 0.15) is 12.1 Å². The Morgan fingerprint density at radius 2 is 1.02 bits per heavy atom. The molecule has 3 atom stereocenters. The Kier molecular flexibility index (Phi) is 38.3. The van der Waals surface area contributed by atoms with Gasteiger partial charge in [-0.15, -0.1) is 0 Å². The lowest BCUT2D eigenvalue weighted by atomic mass is 10.1. The molecule has 0 aliphatic heterocycles. The van der Waals surface area contributed by atoms with E-state index in [0.29, 0.717) is 19.4 Å². The van der Waals surface area contributed by atoms with Crippen molar-refractivity contribution >= 4 is 19.8 Å². The molecule has 0 fully saturated rings. The summed E-state index contributed by atoms with van der Waals surface area (Å²) < 4.78 is 33.2. The van der Waals surface area contributed by atoms with Crippen molar-refractivity contribution in [3.05, 3.63) is 85.1 Å². The topological polar surface area (TPSA) is 155 Å². The lowest BCUT2D eigenvalue weighted by Crippen LogP contribution is -2.34. The number of phosphoric acid groups is 1. The van der Waals surface area contributed by atoms with Crippen molar-refractivity contribution in [1.82, 2.24) is 0 Å². The predicted molar refractivity (Wildman–Crippen MR) is 230 cm³/mol. The quantitative estimate of drug-likeness (QED) is 0.0237. The molecule has 0 amide bonds. The van der Waals surface area contributed by atoms with E-state index in [0.717, 1.165) is 64.2 Å². The van der Waals surface area contributed by atoms with Crippen molar-refractivity contribution in [3.8, 4) is 0 Å². The molecule has 0 bridgehead atoms. The molecular formula is C45H76NO9P. The zero-order valence-corrected chi connectivity index (χ0v) is 35.6. The minimum atomic E-state index is -4.63. The number of hydrogen-bond donors (Lipinski definition) is 3. The number of phosphoric ester groups is 1. The maximum atomic E-state index is 12.6. The van der Waals surface area contributed by atoms with Gasteiger partial charge in [0.05, 0.1) is 19.8 Å². The van der Waals surface area contributed by atoms with Crippen LogP contribution in [0, 0.1) is 0 Å². The van der Waals surface area contributed by atoms with E-state index in [1.165, 1.54) is 51.4 Å². The maximum Gasteiger partial charge on any atom is 0.472 e. The molecule has 0 heterocycles. The number of nitrogens with two attached hydrogens (primary N) is 1. The molecule has 0 aliphatic rings. The molecule has 0 saturated heterocycles. The molecule has 56 heavy (non-hydrogen) atoms. The van der Waals surface area contributed by atoms with E-state index < -0.39 is 45.1 Å². The molecule has 0 saturated carbocycles. The fraction of sp³-hybridized carbons (Fsp3) is 0.644. The van der Waals surface area contributed by atoms with Crippen molar-refractivity contribution in [2.45, 2.75) is 161 Å². The number of hydrogen-bond acceptors (Lipinski definition) is 8. The molecule has 3 unspecified atom stereocenters. The molecule has 0 aromatic heterocycles. The minimum absolute atomic E-state index is 0.00992. The van der Waals surface area contributed by atoms with Crippen LogP contribution in [0.3, 0.4) is 0 Å². The molecule has 0 spiro atoms. The first kappa shape index (κ1) is 53.1. The van der Waals surface area contributed by atoms with Crippen molar-refractivity contribution in [2.75, 3.05) is 26.4 Å². The first-order valence-corrected chi connectivity index (χ1v) is 22.6. The summed E-state index contributed by atoms with van der Waals surface area (Å²) >= 11 is 0. The van der Waals surface area contributed by atoms with Gasteiger partial charge < -0.3 is 25.2 Å². The zero-order valence-electron chi connectivity index (χ0n) is 34.7. The van der Waals surface area contributed by atoms with E-state index in [-0.39, 0.29) is 13.0 Å². The predicted octanol–water partition coefficient (Wildman–Crippen LogP) is 11.6. The Labute approximate surface area is 339 Å². The van der Waals surface area contributed by atoms with Crippen LogP contribution in [0.2, 0.25) is 0 Å². The molecule has 10 nitrogen and oxygen atoms in total. The van der Waals surface area contributed by atoms with Crippen molar-refractivity contribution in [1.29, 1.82) is 0 Å². The first-order valence-electron chi connectivity index (χ1n) is 21.1. The van der Waals surface area contributed by atoms with Crippen LogP contribution in [-0.4, -0.2) is 60.5 Å². The highest BCUT2D eigenvalue weighted by Crippen LogP contribution is 2.43. The highest BCUT2D eigenvalue weighted by atomic mass is 31.2. The van der Waals surface area contributed by atoms with Crippen LogP contribution in [0.1, 0.15) is 149 Å². The van der Waals surface area contributed by atoms with Crippen LogP contribution in [0.4, 0.5) is 0 Å². The van der Waals surface area contributed by atoms with Crippen molar-refractivity contribution in [2.24, 2.45) is 5.73 Å². The normalized spacial score (nSPS) is 14.8. The summed E-state index contributed by atoms with van der Waals surface area (Å²) in [5.41, 5.74) is 5.34. The van der Waals surface area contributed by atoms with Gasteiger partial charge in [-0.3, -0.25) is 18.6 Å². The summed E-state index contributed by atoms with van der Waals surface area (Å²) in [6.07, 6.45) is 50.7. The van der Waals surface area contributed by atoms with Crippen molar-refractivity contribution < 1.29 is 42.7 Å².